The third kappa shape index (κ3) is 3.62. The van der Waals surface area contributed by atoms with Crippen LogP contribution in [0.4, 0.5) is 0 Å². The Morgan fingerprint density at radius 3 is 2.67 bits per heavy atom. The molecule has 0 aliphatic rings. The van der Waals surface area contributed by atoms with Gasteiger partial charge in [0.05, 0.1) is 5.56 Å². The minimum Gasteiger partial charge on any atom is -0.508 e. The average molecular weight is 330 g/mol. The predicted molar refractivity (Wildman–Crippen MR) is 95.3 cm³/mol. The standard InChI is InChI=1S/C19H26N2O3/c1-4-16-18(14-8-6-9-15(22)12-14)17(19(20)23)13(3)21(16)10-7-11-24-5-2/h6,8-9,12,22H,4-5,7,10-11H2,1-3H3,(H2,20,23). The second-order valence-corrected chi connectivity index (χ2v) is 5.75. The number of ether oxygens (including phenoxy) is 1. The third-order valence-electron chi connectivity index (χ3n) is 4.22. The maximum absolute atomic E-state index is 12.1. The van der Waals surface area contributed by atoms with Crippen molar-refractivity contribution in [2.24, 2.45) is 5.73 Å². The number of carbonyl (C=O) groups is 1. The van der Waals surface area contributed by atoms with Crippen molar-refractivity contribution < 1.29 is 14.6 Å². The molecule has 5 heteroatoms. The lowest BCUT2D eigenvalue weighted by molar-refractivity contribution is 0.1000. The van der Waals surface area contributed by atoms with Gasteiger partial charge in [-0.1, -0.05) is 19.1 Å². The summed E-state index contributed by atoms with van der Waals surface area (Å²) in [6, 6.07) is 6.96. The number of phenols is 1. The van der Waals surface area contributed by atoms with Gasteiger partial charge in [0.25, 0.3) is 5.91 Å². The molecule has 2 aromatic rings. The van der Waals surface area contributed by atoms with E-state index in [-0.39, 0.29) is 5.75 Å². The topological polar surface area (TPSA) is 77.5 Å². The van der Waals surface area contributed by atoms with E-state index in [9.17, 15) is 9.90 Å². The summed E-state index contributed by atoms with van der Waals surface area (Å²) in [5.41, 5.74) is 9.77. The molecular weight excluding hydrogens is 304 g/mol. The molecule has 0 spiro atoms. The average Bonchev–Trinajstić information content (AvgIpc) is 2.83. The molecule has 1 aromatic heterocycles. The smallest absolute Gasteiger partial charge is 0.251 e. The Hall–Kier alpha value is -2.27. The highest BCUT2D eigenvalue weighted by Crippen LogP contribution is 2.34. The van der Waals surface area contributed by atoms with Gasteiger partial charge in [-0.3, -0.25) is 4.79 Å². The summed E-state index contributed by atoms with van der Waals surface area (Å²) >= 11 is 0. The van der Waals surface area contributed by atoms with E-state index in [0.717, 1.165) is 41.9 Å². The van der Waals surface area contributed by atoms with E-state index in [4.69, 9.17) is 10.5 Å². The Bertz CT molecular complexity index is 720. The van der Waals surface area contributed by atoms with Crippen LogP contribution in [0.1, 0.15) is 42.0 Å². The molecule has 0 unspecified atom stereocenters. The molecule has 1 amide bonds. The zero-order chi connectivity index (χ0) is 17.7. The zero-order valence-electron chi connectivity index (χ0n) is 14.6. The van der Waals surface area contributed by atoms with Crippen LogP contribution in [0.25, 0.3) is 11.1 Å². The summed E-state index contributed by atoms with van der Waals surface area (Å²) in [5.74, 6) is -0.268. The summed E-state index contributed by atoms with van der Waals surface area (Å²) < 4.78 is 7.57. The van der Waals surface area contributed by atoms with Crippen LogP contribution < -0.4 is 5.73 Å². The van der Waals surface area contributed by atoms with Gasteiger partial charge in [-0.15, -0.1) is 0 Å². The van der Waals surface area contributed by atoms with Crippen molar-refractivity contribution in [2.75, 3.05) is 13.2 Å². The molecule has 1 aromatic carbocycles. The summed E-state index contributed by atoms with van der Waals surface area (Å²) in [6.07, 6.45) is 1.64. The molecule has 2 rings (SSSR count). The van der Waals surface area contributed by atoms with Crippen molar-refractivity contribution in [2.45, 2.75) is 40.2 Å². The number of nitrogens with zero attached hydrogens (tertiary/aromatic N) is 1. The fourth-order valence-electron chi connectivity index (χ4n) is 3.21. The molecule has 0 atom stereocenters. The van der Waals surface area contributed by atoms with Gasteiger partial charge in [0, 0.05) is 36.7 Å². The summed E-state index contributed by atoms with van der Waals surface area (Å²) in [6.45, 7) is 8.12. The van der Waals surface area contributed by atoms with Crippen molar-refractivity contribution in [3.63, 3.8) is 0 Å². The summed E-state index contributed by atoms with van der Waals surface area (Å²) in [7, 11) is 0. The highest BCUT2D eigenvalue weighted by Gasteiger charge is 2.23. The van der Waals surface area contributed by atoms with Crippen LogP contribution in [0.2, 0.25) is 0 Å². The van der Waals surface area contributed by atoms with Gasteiger partial charge in [-0.2, -0.15) is 0 Å². The molecule has 0 aliphatic heterocycles. The molecule has 3 N–H and O–H groups in total. The van der Waals surface area contributed by atoms with Crippen molar-refractivity contribution >= 4 is 5.91 Å². The van der Waals surface area contributed by atoms with Gasteiger partial charge in [-0.05, 0) is 44.4 Å². The number of carbonyl (C=O) groups excluding carboxylic acids is 1. The highest BCUT2D eigenvalue weighted by molar-refractivity contribution is 6.02. The van der Waals surface area contributed by atoms with E-state index in [1.165, 1.54) is 0 Å². The molecule has 5 nitrogen and oxygen atoms in total. The first-order chi connectivity index (χ1) is 11.5. The second-order valence-electron chi connectivity index (χ2n) is 5.75. The number of primary amides is 1. The number of hydrogen-bond donors (Lipinski definition) is 2. The van der Waals surface area contributed by atoms with Gasteiger partial charge >= 0.3 is 0 Å². The van der Waals surface area contributed by atoms with Crippen molar-refractivity contribution in [3.8, 4) is 16.9 Å². The van der Waals surface area contributed by atoms with Crippen molar-refractivity contribution in [1.82, 2.24) is 4.57 Å². The monoisotopic (exact) mass is 330 g/mol. The Balaban J connectivity index is 2.54. The number of amides is 1. The Morgan fingerprint density at radius 1 is 1.33 bits per heavy atom. The number of aromatic nitrogens is 1. The zero-order valence-corrected chi connectivity index (χ0v) is 14.6. The van der Waals surface area contributed by atoms with Gasteiger partial charge in [0.2, 0.25) is 0 Å². The van der Waals surface area contributed by atoms with Crippen LogP contribution in [0.3, 0.4) is 0 Å². The van der Waals surface area contributed by atoms with Crippen LogP contribution in [-0.4, -0.2) is 28.8 Å². The lowest BCUT2D eigenvalue weighted by Crippen LogP contribution is -2.13. The van der Waals surface area contributed by atoms with Crippen LogP contribution in [-0.2, 0) is 17.7 Å². The summed E-state index contributed by atoms with van der Waals surface area (Å²) in [4.78, 5) is 12.1. The van der Waals surface area contributed by atoms with Gasteiger partial charge in [-0.25, -0.2) is 0 Å². The molecule has 0 radical (unpaired) electrons. The first kappa shape index (κ1) is 18.1. The maximum atomic E-state index is 12.1. The number of aromatic hydroxyl groups is 1. The predicted octanol–water partition coefficient (Wildman–Crippen LogP) is 3.26. The Labute approximate surface area is 143 Å². The van der Waals surface area contributed by atoms with Crippen LogP contribution in [0.5, 0.6) is 5.75 Å². The van der Waals surface area contributed by atoms with E-state index >= 15 is 0 Å². The van der Waals surface area contributed by atoms with E-state index in [1.807, 2.05) is 19.9 Å². The molecule has 0 aliphatic carbocycles. The molecule has 130 valence electrons. The highest BCUT2D eigenvalue weighted by atomic mass is 16.5. The Morgan fingerprint density at radius 2 is 2.08 bits per heavy atom. The van der Waals surface area contributed by atoms with E-state index in [0.29, 0.717) is 18.8 Å². The summed E-state index contributed by atoms with van der Waals surface area (Å²) in [5, 5.41) is 9.80. The van der Waals surface area contributed by atoms with E-state index in [2.05, 4.69) is 11.5 Å². The molecule has 1 heterocycles. The molecule has 0 saturated carbocycles. The fraction of sp³-hybridized carbons (Fsp3) is 0.421. The SMILES string of the molecule is CCOCCCn1c(C)c(C(N)=O)c(-c2cccc(O)c2)c1CC. The van der Waals surface area contributed by atoms with E-state index < -0.39 is 5.91 Å². The van der Waals surface area contributed by atoms with E-state index in [1.54, 1.807) is 18.2 Å². The fourth-order valence-corrected chi connectivity index (χ4v) is 3.21. The first-order valence-corrected chi connectivity index (χ1v) is 8.40. The molecule has 0 fully saturated rings. The van der Waals surface area contributed by atoms with Crippen LogP contribution in [0.15, 0.2) is 24.3 Å². The molecule has 24 heavy (non-hydrogen) atoms. The van der Waals surface area contributed by atoms with Crippen molar-refractivity contribution in [1.29, 1.82) is 0 Å². The first-order valence-electron chi connectivity index (χ1n) is 8.40. The quantitative estimate of drug-likeness (QED) is 0.729. The number of benzene rings is 1. The van der Waals surface area contributed by atoms with Gasteiger partial charge < -0.3 is 20.1 Å². The second kappa shape index (κ2) is 8.02. The van der Waals surface area contributed by atoms with Gasteiger partial charge in [0.1, 0.15) is 5.75 Å². The minimum absolute atomic E-state index is 0.173. The number of hydrogen-bond acceptors (Lipinski definition) is 3. The van der Waals surface area contributed by atoms with Gasteiger partial charge in [0.15, 0.2) is 0 Å². The largest absolute Gasteiger partial charge is 0.508 e. The maximum Gasteiger partial charge on any atom is 0.251 e. The van der Waals surface area contributed by atoms with Crippen molar-refractivity contribution in [3.05, 3.63) is 41.2 Å². The third-order valence-corrected chi connectivity index (χ3v) is 4.22. The van der Waals surface area contributed by atoms with Crippen LogP contribution >= 0.6 is 0 Å². The molecule has 0 saturated heterocycles. The minimum atomic E-state index is -0.441. The Kier molecular flexibility index (Phi) is 6.04. The molecule has 0 bridgehead atoms. The normalized spacial score (nSPS) is 11.0. The number of phenolic OH excluding ortho intramolecular Hbond substituents is 1. The lowest BCUT2D eigenvalue weighted by atomic mass is 9.98. The molecular formula is C19H26N2O3. The number of rotatable bonds is 8. The number of nitrogens with two attached hydrogens (primary N) is 1. The van der Waals surface area contributed by atoms with Crippen LogP contribution in [0, 0.1) is 6.92 Å². The lowest BCUT2D eigenvalue weighted by Gasteiger charge is -2.12.